The number of hydrogen-bond donors (Lipinski definition) is 0. The summed E-state index contributed by atoms with van der Waals surface area (Å²) in [5.74, 6) is 0. The Kier molecular flexibility index (Phi) is 24.6. The van der Waals surface area contributed by atoms with E-state index in [1.165, 1.54) is 0 Å². The molecule has 1 nitrogen and oxygen atoms in total. The fraction of sp³-hybridized carbons (Fsp3) is 1.00. The first-order valence-electron chi connectivity index (χ1n) is 1.34. The van der Waals surface area contributed by atoms with Gasteiger partial charge in [-0.15, -0.1) is 0 Å². The molecule has 0 aliphatic heterocycles. The van der Waals surface area contributed by atoms with Crippen LogP contribution in [0.15, 0.2) is 0 Å². The Bertz CT molecular complexity index is 13.5. The van der Waals surface area contributed by atoms with Gasteiger partial charge in [-0.05, 0) is 21.1 Å². The van der Waals surface area contributed by atoms with Crippen LogP contribution in [-0.2, 0) is 0 Å². The first kappa shape index (κ1) is 16.5. The smallest absolute Gasteiger partial charge is 0.0814 e. The van der Waals surface area contributed by atoms with Crippen molar-refractivity contribution < 1.29 is 0 Å². The molecule has 0 spiro atoms. The normalized spacial score (nSPS) is 6.00. The van der Waals surface area contributed by atoms with Crippen molar-refractivity contribution in [2.75, 3.05) is 21.1 Å². The predicted molar refractivity (Wildman–Crippen MR) is 39.5 cm³/mol. The molecule has 0 saturated heterocycles. The van der Waals surface area contributed by atoms with Crippen LogP contribution in [0, 0.1) is 0 Å². The quantitative estimate of drug-likeness (QED) is 0.303. The molecule has 0 aromatic heterocycles. The highest BCUT2D eigenvalue weighted by molar-refractivity contribution is 5.76. The minimum atomic E-state index is 0. The van der Waals surface area contributed by atoms with E-state index in [4.69, 9.17) is 0 Å². The summed E-state index contributed by atoms with van der Waals surface area (Å²) < 4.78 is 0. The van der Waals surface area contributed by atoms with Crippen LogP contribution in [0.2, 0.25) is 0 Å². The molecule has 0 bridgehead atoms. The Morgan fingerprint density at radius 2 is 0.833 bits per heavy atom. The van der Waals surface area contributed by atoms with Crippen molar-refractivity contribution >= 4 is 16.8 Å². The molecule has 6 heavy (non-hydrogen) atoms. The lowest BCUT2D eigenvalue weighted by Crippen LogP contribution is -1.99. The first-order chi connectivity index (χ1) is 1.73. The molecule has 0 saturated carbocycles. The van der Waals surface area contributed by atoms with E-state index in [9.17, 15) is 0 Å². The van der Waals surface area contributed by atoms with Gasteiger partial charge in [0, 0.05) is 0 Å². The Hall–Kier alpha value is 0.0899. The van der Waals surface area contributed by atoms with E-state index in [1.54, 1.807) is 0 Å². The monoisotopic (exact) mass is 87.1 g/mol. The lowest BCUT2D eigenvalue weighted by Gasteiger charge is -1.90. The van der Waals surface area contributed by atoms with Gasteiger partial charge in [0.2, 0.25) is 0 Å². The second-order valence-corrected chi connectivity index (χ2v) is 1.34. The number of hydrogen-bond acceptors (Lipinski definition) is 1. The molecule has 0 unspecified atom stereocenters. The van der Waals surface area contributed by atoms with Crippen LogP contribution in [0.4, 0.5) is 0 Å². The highest BCUT2D eigenvalue weighted by Crippen LogP contribution is 1.47. The maximum absolute atomic E-state index is 2.00. The average Bonchev–Trinajstić information content (AvgIpc) is 0.811. The zero-order valence-corrected chi connectivity index (χ0v) is 3.45. The van der Waals surface area contributed by atoms with Crippen molar-refractivity contribution in [2.45, 2.75) is 0 Å². The summed E-state index contributed by atoms with van der Waals surface area (Å²) in [6, 6.07) is 0. The molecule has 0 amide bonds. The van der Waals surface area contributed by atoms with Crippen LogP contribution in [-0.4, -0.2) is 42.9 Å². The van der Waals surface area contributed by atoms with Crippen molar-refractivity contribution in [3.8, 4) is 0 Å². The van der Waals surface area contributed by atoms with Crippen molar-refractivity contribution in [1.82, 2.24) is 4.90 Å². The van der Waals surface area contributed by atoms with Gasteiger partial charge in [0.25, 0.3) is 0 Å². The molecule has 0 radical (unpaired) electrons. The van der Waals surface area contributed by atoms with Crippen LogP contribution in [0.25, 0.3) is 0 Å². The van der Waals surface area contributed by atoms with Crippen molar-refractivity contribution in [1.29, 1.82) is 0 Å². The molecule has 0 aromatic carbocycles. The van der Waals surface area contributed by atoms with Crippen molar-refractivity contribution in [2.24, 2.45) is 0 Å². The molecule has 0 aliphatic rings. The van der Waals surface area contributed by atoms with Gasteiger partial charge in [0.1, 0.15) is 0 Å². The van der Waals surface area contributed by atoms with E-state index < -0.39 is 0 Å². The van der Waals surface area contributed by atoms with Crippen molar-refractivity contribution in [3.63, 3.8) is 0 Å². The zero-order chi connectivity index (χ0) is 3.58. The summed E-state index contributed by atoms with van der Waals surface area (Å²) in [7, 11) is 6.00. The largest absolute Gasteiger partial charge is 0.312 e. The van der Waals surface area contributed by atoms with E-state index in [2.05, 4.69) is 0 Å². The first-order valence-corrected chi connectivity index (χ1v) is 1.34. The highest BCUT2D eigenvalue weighted by atomic mass is 15.0. The molecular weight excluding hydrogens is 71.7 g/mol. The van der Waals surface area contributed by atoms with E-state index in [1.807, 2.05) is 26.0 Å². The fourth-order valence-electron chi connectivity index (χ4n) is 0. The average molecular weight is 86.8 g/mol. The highest BCUT2D eigenvalue weighted by Gasteiger charge is 1.58. The summed E-state index contributed by atoms with van der Waals surface area (Å²) in [6.07, 6.45) is 0. The molecule has 0 aliphatic carbocycles. The molecule has 3 heteroatoms. The van der Waals surface area contributed by atoms with Gasteiger partial charge in [-0.25, -0.2) is 0 Å². The third-order valence-corrected chi connectivity index (χ3v) is 0. The van der Waals surface area contributed by atoms with Gasteiger partial charge < -0.3 is 4.90 Å². The molecule has 0 atom stereocenters. The van der Waals surface area contributed by atoms with E-state index in [0.29, 0.717) is 0 Å². The summed E-state index contributed by atoms with van der Waals surface area (Å²) in [5.41, 5.74) is 0. The van der Waals surface area contributed by atoms with Gasteiger partial charge >= 0.3 is 0 Å². The Morgan fingerprint density at radius 1 is 0.833 bits per heavy atom. The molecule has 0 heterocycles. The van der Waals surface area contributed by atoms with Gasteiger partial charge in [-0.2, -0.15) is 0 Å². The van der Waals surface area contributed by atoms with E-state index >= 15 is 0 Å². The van der Waals surface area contributed by atoms with E-state index in [0.717, 1.165) is 0 Å². The van der Waals surface area contributed by atoms with Crippen LogP contribution < -0.4 is 0 Å². The van der Waals surface area contributed by atoms with Crippen molar-refractivity contribution in [3.05, 3.63) is 0 Å². The summed E-state index contributed by atoms with van der Waals surface area (Å²) in [5, 5.41) is 0. The third-order valence-electron chi connectivity index (χ3n) is 0. The summed E-state index contributed by atoms with van der Waals surface area (Å²) in [6.45, 7) is 0. The maximum Gasteiger partial charge on any atom is 0.0814 e. The standard InChI is InChI=1S/C3H9N.2BH3/c1-4(2)3;;/h1-3H3;2*1H3. The molecule has 0 aromatic rings. The van der Waals surface area contributed by atoms with Gasteiger partial charge in [-0.3, -0.25) is 0 Å². The third kappa shape index (κ3) is 4830. The van der Waals surface area contributed by atoms with E-state index in [-0.39, 0.29) is 16.8 Å². The minimum Gasteiger partial charge on any atom is -0.312 e. The molecule has 0 rings (SSSR count). The maximum atomic E-state index is 2.00. The fourth-order valence-corrected chi connectivity index (χ4v) is 0. The van der Waals surface area contributed by atoms with Gasteiger partial charge in [0.15, 0.2) is 0 Å². The van der Waals surface area contributed by atoms with Crippen LogP contribution in [0.1, 0.15) is 0 Å². The second kappa shape index (κ2) is 8.92. The van der Waals surface area contributed by atoms with Crippen LogP contribution in [0.5, 0.6) is 0 Å². The Morgan fingerprint density at radius 3 is 0.833 bits per heavy atom. The lowest BCUT2D eigenvalue weighted by molar-refractivity contribution is 0.505. The minimum absolute atomic E-state index is 0. The Labute approximate surface area is 43.9 Å². The summed E-state index contributed by atoms with van der Waals surface area (Å²) >= 11 is 0. The van der Waals surface area contributed by atoms with Crippen LogP contribution in [0.3, 0.4) is 0 Å². The Balaban J connectivity index is -0.0000000450. The molecule has 0 fully saturated rings. The predicted octanol–water partition coefficient (Wildman–Crippen LogP) is -2.19. The number of rotatable bonds is 0. The zero-order valence-electron chi connectivity index (χ0n) is 3.45. The SMILES string of the molecule is B.B.CN(C)C. The lowest BCUT2D eigenvalue weighted by atomic mass is 10.8. The van der Waals surface area contributed by atoms with Gasteiger partial charge in [-0.1, -0.05) is 0 Å². The topological polar surface area (TPSA) is 3.24 Å². The molecule has 0 N–H and O–H groups in total. The molecule has 38 valence electrons. The second-order valence-electron chi connectivity index (χ2n) is 1.34. The summed E-state index contributed by atoms with van der Waals surface area (Å²) in [4.78, 5) is 2.00. The van der Waals surface area contributed by atoms with Gasteiger partial charge in [0.05, 0.1) is 16.8 Å². The van der Waals surface area contributed by atoms with Crippen LogP contribution >= 0.6 is 0 Å². The molecular formula is C3H15B2N. The number of nitrogens with zero attached hydrogens (tertiary/aromatic N) is 1.